The van der Waals surface area contributed by atoms with Gasteiger partial charge in [0.15, 0.2) is 0 Å². The topological polar surface area (TPSA) is 103 Å². The minimum absolute atomic E-state index is 0.00876. The summed E-state index contributed by atoms with van der Waals surface area (Å²) in [7, 11) is -3.21. The predicted octanol–water partition coefficient (Wildman–Crippen LogP) is 5.47. The van der Waals surface area contributed by atoms with E-state index in [0.717, 1.165) is 41.2 Å². The van der Waals surface area contributed by atoms with Crippen LogP contribution in [0.25, 0.3) is 11.1 Å². The van der Waals surface area contributed by atoms with E-state index in [2.05, 4.69) is 4.98 Å². The van der Waals surface area contributed by atoms with Crippen molar-refractivity contribution in [1.82, 2.24) is 4.98 Å². The van der Waals surface area contributed by atoms with Crippen molar-refractivity contribution in [3.8, 4) is 22.8 Å². The number of carboxylic acids is 1. The number of allylic oxidation sites excluding steroid dienone is 1. The van der Waals surface area contributed by atoms with E-state index in [9.17, 15) is 35.9 Å². The normalized spacial score (nSPS) is 15.9. The molecule has 13 heteroatoms. The molecule has 0 spiro atoms. The molecule has 0 amide bonds. The van der Waals surface area contributed by atoms with Gasteiger partial charge in [-0.25, -0.2) is 27.0 Å². The van der Waals surface area contributed by atoms with E-state index in [1.165, 1.54) is 12.3 Å². The SMILES string of the molecule is CS(=O)(=O)CCCOc1ccc(-c2cc(COc3cc4c(cn3)[C@H]3C(=C3C(=O)O)C4)c(F)cc2C(F)(F)F)c(F)c1. The number of carboxylic acid groups (broad SMARTS) is 1. The lowest BCUT2D eigenvalue weighted by Crippen LogP contribution is -2.11. The fourth-order valence-electron chi connectivity index (χ4n) is 4.90. The number of ether oxygens (including phenoxy) is 2. The zero-order chi connectivity index (χ0) is 29.7. The number of halogens is 5. The molecule has 2 aromatic carbocycles. The molecule has 216 valence electrons. The van der Waals surface area contributed by atoms with Gasteiger partial charge in [0.25, 0.3) is 0 Å². The number of pyridine rings is 1. The molecule has 3 aromatic rings. The first-order valence-electron chi connectivity index (χ1n) is 12.3. The third-order valence-electron chi connectivity index (χ3n) is 6.85. The van der Waals surface area contributed by atoms with Crippen molar-refractivity contribution >= 4 is 15.8 Å². The third kappa shape index (κ3) is 6.04. The molecule has 2 aliphatic carbocycles. The van der Waals surface area contributed by atoms with Crippen LogP contribution in [0.1, 0.15) is 34.6 Å². The van der Waals surface area contributed by atoms with Crippen molar-refractivity contribution < 1.29 is 49.7 Å². The number of sulfone groups is 1. The fourth-order valence-corrected chi connectivity index (χ4v) is 5.55. The van der Waals surface area contributed by atoms with Crippen molar-refractivity contribution in [1.29, 1.82) is 0 Å². The number of fused-ring (bicyclic) bond motifs is 3. The highest BCUT2D eigenvalue weighted by Crippen LogP contribution is 2.56. The quantitative estimate of drug-likeness (QED) is 0.245. The van der Waals surface area contributed by atoms with Crippen LogP contribution in [0.5, 0.6) is 11.6 Å². The maximum absolute atomic E-state index is 15.0. The van der Waals surface area contributed by atoms with E-state index >= 15 is 4.39 Å². The minimum atomic E-state index is -4.99. The Morgan fingerprint density at radius 1 is 1.07 bits per heavy atom. The van der Waals surface area contributed by atoms with Gasteiger partial charge in [-0.3, -0.25) is 0 Å². The smallest absolute Gasteiger partial charge is 0.417 e. The number of benzene rings is 2. The molecule has 0 bridgehead atoms. The number of rotatable bonds is 10. The van der Waals surface area contributed by atoms with Crippen molar-refractivity contribution in [3.05, 3.63) is 87.6 Å². The first kappa shape index (κ1) is 28.5. The second-order valence-corrected chi connectivity index (χ2v) is 12.1. The van der Waals surface area contributed by atoms with Gasteiger partial charge < -0.3 is 14.6 Å². The van der Waals surface area contributed by atoms with E-state index in [1.807, 2.05) is 0 Å². The fraction of sp³-hybridized carbons (Fsp3) is 0.286. The van der Waals surface area contributed by atoms with Crippen LogP contribution >= 0.6 is 0 Å². The second-order valence-electron chi connectivity index (χ2n) is 9.82. The number of aromatic nitrogens is 1. The highest BCUT2D eigenvalue weighted by atomic mass is 32.2. The Morgan fingerprint density at radius 2 is 1.83 bits per heavy atom. The van der Waals surface area contributed by atoms with Crippen LogP contribution < -0.4 is 9.47 Å². The highest BCUT2D eigenvalue weighted by molar-refractivity contribution is 7.90. The lowest BCUT2D eigenvalue weighted by molar-refractivity contribution is -0.137. The van der Waals surface area contributed by atoms with Gasteiger partial charge >= 0.3 is 12.1 Å². The predicted molar refractivity (Wildman–Crippen MR) is 136 cm³/mol. The molecule has 2 aliphatic rings. The number of aliphatic carboxylic acids is 1. The first-order valence-corrected chi connectivity index (χ1v) is 14.4. The summed E-state index contributed by atoms with van der Waals surface area (Å²) in [5.74, 6) is -3.58. The number of hydrogen-bond acceptors (Lipinski definition) is 6. The van der Waals surface area contributed by atoms with E-state index < -0.39 is 56.9 Å². The zero-order valence-electron chi connectivity index (χ0n) is 21.4. The lowest BCUT2D eigenvalue weighted by atomic mass is 9.96. The summed E-state index contributed by atoms with van der Waals surface area (Å²) in [6, 6.07) is 5.91. The summed E-state index contributed by atoms with van der Waals surface area (Å²) in [6.45, 7) is -0.550. The van der Waals surface area contributed by atoms with Gasteiger partial charge in [0.1, 0.15) is 33.8 Å². The van der Waals surface area contributed by atoms with Gasteiger partial charge in [-0.15, -0.1) is 0 Å². The maximum atomic E-state index is 15.0. The zero-order valence-corrected chi connectivity index (χ0v) is 22.2. The molecule has 1 atom stereocenters. The van der Waals surface area contributed by atoms with Crippen molar-refractivity contribution in [3.63, 3.8) is 0 Å². The Hall–Kier alpha value is -4.00. The van der Waals surface area contributed by atoms with Crippen LogP contribution in [0.4, 0.5) is 22.0 Å². The number of nitrogens with zero attached hydrogens (tertiary/aromatic N) is 1. The standard InChI is InChI=1S/C28H22F5NO6S/c1-41(37,38)6-2-5-39-16-3-4-17(23(30)10-16)18-8-15(22(29)11-21(18)28(31,32)33)13-40-24-9-14-7-19-25(20(14)12-34-24)26(19)27(35)36/h3-4,8-12,25H,2,5-7,13H2,1H3,(H,35,36)/t25-/m1/s1. The average molecular weight is 596 g/mol. The van der Waals surface area contributed by atoms with Gasteiger partial charge in [0, 0.05) is 47.2 Å². The number of carbonyl (C=O) groups is 1. The Labute approximate surface area is 231 Å². The molecule has 0 aliphatic heterocycles. The van der Waals surface area contributed by atoms with E-state index in [-0.39, 0.29) is 48.0 Å². The van der Waals surface area contributed by atoms with Crippen molar-refractivity contribution in [2.45, 2.75) is 31.5 Å². The molecule has 41 heavy (non-hydrogen) atoms. The summed E-state index contributed by atoms with van der Waals surface area (Å²) >= 11 is 0. The number of alkyl halides is 3. The Morgan fingerprint density at radius 3 is 2.49 bits per heavy atom. The molecule has 7 nitrogen and oxygen atoms in total. The molecule has 0 fully saturated rings. The summed E-state index contributed by atoms with van der Waals surface area (Å²) in [6.07, 6.45) is -1.91. The van der Waals surface area contributed by atoms with Gasteiger partial charge in [0.05, 0.1) is 17.9 Å². The van der Waals surface area contributed by atoms with Crippen LogP contribution in [0.2, 0.25) is 0 Å². The van der Waals surface area contributed by atoms with E-state index in [4.69, 9.17) is 9.47 Å². The molecule has 0 radical (unpaired) electrons. The average Bonchev–Trinajstić information content (AvgIpc) is 3.47. The molecule has 0 unspecified atom stereocenters. The van der Waals surface area contributed by atoms with Crippen LogP contribution in [-0.4, -0.2) is 43.1 Å². The Balaban J connectivity index is 1.35. The third-order valence-corrected chi connectivity index (χ3v) is 7.88. The van der Waals surface area contributed by atoms with E-state index in [0.29, 0.717) is 12.0 Å². The van der Waals surface area contributed by atoms with Gasteiger partial charge in [-0.2, -0.15) is 13.2 Å². The number of hydrogen-bond donors (Lipinski definition) is 1. The molecule has 0 saturated heterocycles. The van der Waals surface area contributed by atoms with Crippen molar-refractivity contribution in [2.24, 2.45) is 0 Å². The van der Waals surface area contributed by atoms with Crippen LogP contribution in [-0.2, 0) is 33.8 Å². The summed E-state index contributed by atoms with van der Waals surface area (Å²) in [5, 5.41) is 9.19. The van der Waals surface area contributed by atoms with E-state index in [1.54, 1.807) is 6.07 Å². The van der Waals surface area contributed by atoms with Gasteiger partial charge in [-0.1, -0.05) is 0 Å². The van der Waals surface area contributed by atoms with Crippen LogP contribution in [0, 0.1) is 11.6 Å². The summed E-state index contributed by atoms with van der Waals surface area (Å²) in [5.41, 5.74) is -0.0109. The maximum Gasteiger partial charge on any atom is 0.417 e. The molecule has 1 aromatic heterocycles. The minimum Gasteiger partial charge on any atom is -0.493 e. The monoisotopic (exact) mass is 595 g/mol. The van der Waals surface area contributed by atoms with Gasteiger partial charge in [-0.05, 0) is 59.4 Å². The molecule has 5 rings (SSSR count). The summed E-state index contributed by atoms with van der Waals surface area (Å²) in [4.78, 5) is 15.3. The van der Waals surface area contributed by atoms with Gasteiger partial charge in [0.2, 0.25) is 5.88 Å². The first-order chi connectivity index (χ1) is 19.2. The molecule has 1 N–H and O–H groups in total. The Kier molecular flexibility index (Phi) is 7.26. The van der Waals surface area contributed by atoms with Crippen LogP contribution in [0.3, 0.4) is 0 Å². The molecular formula is C28H22F5NO6S. The lowest BCUT2D eigenvalue weighted by Gasteiger charge is -2.17. The molecular weight excluding hydrogens is 573 g/mol. The van der Waals surface area contributed by atoms with Crippen LogP contribution in [0.15, 0.2) is 53.7 Å². The highest BCUT2D eigenvalue weighted by Gasteiger charge is 2.48. The molecule has 0 saturated carbocycles. The Bertz CT molecular complexity index is 1700. The summed E-state index contributed by atoms with van der Waals surface area (Å²) < 4.78 is 104. The second kappa shape index (κ2) is 10.4. The largest absolute Gasteiger partial charge is 0.493 e. The molecule has 1 heterocycles. The van der Waals surface area contributed by atoms with Crippen molar-refractivity contribution in [2.75, 3.05) is 18.6 Å².